The van der Waals surface area contributed by atoms with Gasteiger partial charge < -0.3 is 21.3 Å². The highest BCUT2D eigenvalue weighted by molar-refractivity contribution is 6.05. The lowest BCUT2D eigenvalue weighted by molar-refractivity contribution is -0.384. The molecular weight excluding hydrogens is 378 g/mol. The van der Waals surface area contributed by atoms with E-state index in [1.807, 2.05) is 4.90 Å². The van der Waals surface area contributed by atoms with Crippen molar-refractivity contribution in [2.75, 3.05) is 34.4 Å². The van der Waals surface area contributed by atoms with Gasteiger partial charge in [-0.15, -0.1) is 0 Å². The fourth-order valence-electron chi connectivity index (χ4n) is 3.56. The van der Waals surface area contributed by atoms with Crippen LogP contribution in [-0.2, 0) is 9.59 Å². The number of hydrogen-bond donors (Lipinski definition) is 3. The number of nitro groups is 1. The number of nitrogens with two attached hydrogens (primary N) is 1. The Morgan fingerprint density at radius 2 is 1.93 bits per heavy atom. The first kappa shape index (κ1) is 18.6. The summed E-state index contributed by atoms with van der Waals surface area (Å²) >= 11 is 0. The maximum Gasteiger partial charge on any atom is 0.269 e. The predicted octanol–water partition coefficient (Wildman–Crippen LogP) is 1.63. The minimum absolute atomic E-state index is 0.0857. The molecule has 11 heteroatoms. The SMILES string of the molecule is Nc1nc(N2CCCC2)nc2c1[C@H](C(=O)Nc1ccc([N+](=O)[O-])cc1)CC(=O)N2. The molecule has 0 unspecified atom stereocenters. The Labute approximate surface area is 165 Å². The number of hydrogen-bond acceptors (Lipinski definition) is 8. The molecule has 0 saturated carbocycles. The van der Waals surface area contributed by atoms with Gasteiger partial charge in [-0.05, 0) is 25.0 Å². The topological polar surface area (TPSA) is 156 Å². The van der Waals surface area contributed by atoms with E-state index in [2.05, 4.69) is 20.6 Å². The third-order valence-electron chi connectivity index (χ3n) is 5.01. The Morgan fingerprint density at radius 1 is 1.24 bits per heavy atom. The molecule has 2 aliphatic heterocycles. The van der Waals surface area contributed by atoms with Crippen LogP contribution in [0.5, 0.6) is 0 Å². The number of benzene rings is 1. The van der Waals surface area contributed by atoms with Crippen molar-refractivity contribution in [3.05, 3.63) is 39.9 Å². The van der Waals surface area contributed by atoms with Gasteiger partial charge in [0.15, 0.2) is 0 Å². The average molecular weight is 397 g/mol. The average Bonchev–Trinajstić information content (AvgIpc) is 3.22. The maximum absolute atomic E-state index is 12.8. The van der Waals surface area contributed by atoms with Crippen molar-refractivity contribution < 1.29 is 14.5 Å². The van der Waals surface area contributed by atoms with Gasteiger partial charge in [0.05, 0.1) is 16.4 Å². The molecule has 1 aromatic heterocycles. The third kappa shape index (κ3) is 3.66. The van der Waals surface area contributed by atoms with Crippen molar-refractivity contribution in [1.82, 2.24) is 9.97 Å². The number of carbonyl (C=O) groups excluding carboxylic acids is 2. The number of rotatable bonds is 4. The molecule has 150 valence electrons. The maximum atomic E-state index is 12.8. The van der Waals surface area contributed by atoms with E-state index in [1.54, 1.807) is 0 Å². The number of aromatic nitrogens is 2. The van der Waals surface area contributed by atoms with E-state index in [1.165, 1.54) is 24.3 Å². The summed E-state index contributed by atoms with van der Waals surface area (Å²) < 4.78 is 0. The molecule has 4 rings (SSSR count). The lowest BCUT2D eigenvalue weighted by Gasteiger charge is -2.26. The summed E-state index contributed by atoms with van der Waals surface area (Å²) in [6.45, 7) is 1.63. The highest BCUT2D eigenvalue weighted by Crippen LogP contribution is 2.37. The lowest BCUT2D eigenvalue weighted by Crippen LogP contribution is -2.33. The second kappa shape index (κ2) is 7.34. The van der Waals surface area contributed by atoms with E-state index in [0.29, 0.717) is 17.2 Å². The van der Waals surface area contributed by atoms with E-state index in [-0.39, 0.29) is 29.7 Å². The number of amides is 2. The fourth-order valence-corrected chi connectivity index (χ4v) is 3.56. The van der Waals surface area contributed by atoms with Crippen molar-refractivity contribution in [2.45, 2.75) is 25.2 Å². The summed E-state index contributed by atoms with van der Waals surface area (Å²) in [5.74, 6) is -0.816. The first-order chi connectivity index (χ1) is 13.9. The summed E-state index contributed by atoms with van der Waals surface area (Å²) in [6.07, 6.45) is 1.97. The van der Waals surface area contributed by atoms with Gasteiger partial charge in [-0.3, -0.25) is 19.7 Å². The van der Waals surface area contributed by atoms with Gasteiger partial charge in [0, 0.05) is 37.3 Å². The minimum atomic E-state index is -0.860. The molecule has 29 heavy (non-hydrogen) atoms. The Morgan fingerprint density at radius 3 is 2.59 bits per heavy atom. The molecular formula is C18H19N7O4. The van der Waals surface area contributed by atoms with E-state index in [0.717, 1.165) is 25.9 Å². The molecule has 1 fully saturated rings. The zero-order valence-corrected chi connectivity index (χ0v) is 15.4. The molecule has 3 heterocycles. The van der Waals surface area contributed by atoms with Gasteiger partial charge in [0.1, 0.15) is 11.6 Å². The third-order valence-corrected chi connectivity index (χ3v) is 5.01. The Bertz CT molecular complexity index is 986. The van der Waals surface area contributed by atoms with Gasteiger partial charge in [-0.2, -0.15) is 9.97 Å². The number of anilines is 4. The molecule has 0 bridgehead atoms. The smallest absolute Gasteiger partial charge is 0.269 e. The number of nitro benzene ring substituents is 1. The van der Waals surface area contributed by atoms with Gasteiger partial charge in [0.25, 0.3) is 5.69 Å². The van der Waals surface area contributed by atoms with Gasteiger partial charge in [-0.1, -0.05) is 0 Å². The summed E-state index contributed by atoms with van der Waals surface area (Å²) in [4.78, 5) is 46.0. The zero-order valence-electron chi connectivity index (χ0n) is 15.4. The molecule has 2 amide bonds. The highest BCUT2D eigenvalue weighted by Gasteiger charge is 2.35. The van der Waals surface area contributed by atoms with Gasteiger partial charge in [0.2, 0.25) is 17.8 Å². The van der Waals surface area contributed by atoms with Gasteiger partial charge >= 0.3 is 0 Å². The van der Waals surface area contributed by atoms with Crippen molar-refractivity contribution in [3.8, 4) is 0 Å². The summed E-state index contributed by atoms with van der Waals surface area (Å²) in [5, 5.41) is 16.1. The van der Waals surface area contributed by atoms with Crippen LogP contribution in [0.3, 0.4) is 0 Å². The molecule has 0 aliphatic carbocycles. The molecule has 4 N–H and O–H groups in total. The second-order valence-electron chi connectivity index (χ2n) is 6.96. The quantitative estimate of drug-likeness (QED) is 0.519. The van der Waals surface area contributed by atoms with Crippen LogP contribution < -0.4 is 21.3 Å². The number of carbonyl (C=O) groups is 2. The molecule has 2 aliphatic rings. The van der Waals surface area contributed by atoms with Gasteiger partial charge in [-0.25, -0.2) is 0 Å². The minimum Gasteiger partial charge on any atom is -0.383 e. The van der Waals surface area contributed by atoms with Crippen LogP contribution in [0, 0.1) is 10.1 Å². The zero-order chi connectivity index (χ0) is 20.5. The van der Waals surface area contributed by atoms with Crippen molar-refractivity contribution >= 4 is 40.8 Å². The molecule has 0 radical (unpaired) electrons. The fraction of sp³-hybridized carbons (Fsp3) is 0.333. The predicted molar refractivity (Wildman–Crippen MR) is 106 cm³/mol. The molecule has 11 nitrogen and oxygen atoms in total. The number of nitrogen functional groups attached to an aromatic ring is 1. The van der Waals surface area contributed by atoms with Crippen molar-refractivity contribution in [1.29, 1.82) is 0 Å². The van der Waals surface area contributed by atoms with E-state index < -0.39 is 16.7 Å². The number of nitrogens with one attached hydrogen (secondary N) is 2. The van der Waals surface area contributed by atoms with Crippen LogP contribution in [0.2, 0.25) is 0 Å². The van der Waals surface area contributed by atoms with Crippen LogP contribution in [0.15, 0.2) is 24.3 Å². The van der Waals surface area contributed by atoms with Crippen LogP contribution in [0.25, 0.3) is 0 Å². The summed E-state index contributed by atoms with van der Waals surface area (Å²) in [7, 11) is 0. The molecule has 1 atom stereocenters. The lowest BCUT2D eigenvalue weighted by atomic mass is 9.92. The standard InChI is InChI=1S/C18H19N7O4/c19-15-14-12(17(27)20-10-3-5-11(6-4-10)25(28)29)9-13(26)21-16(14)23-18(22-15)24-7-1-2-8-24/h3-6,12H,1-2,7-9H2,(H,20,27)(H3,19,21,22,23,26)/t12-/m1/s1. The largest absolute Gasteiger partial charge is 0.383 e. The Balaban J connectivity index is 1.60. The monoisotopic (exact) mass is 397 g/mol. The van der Waals surface area contributed by atoms with Crippen LogP contribution in [0.1, 0.15) is 30.7 Å². The molecule has 1 saturated heterocycles. The summed E-state index contributed by atoms with van der Waals surface area (Å²) in [6, 6.07) is 5.43. The normalized spacial score (nSPS) is 18.1. The number of fused-ring (bicyclic) bond motifs is 1. The number of nitrogens with zero attached hydrogens (tertiary/aromatic N) is 4. The van der Waals surface area contributed by atoms with Crippen LogP contribution in [0.4, 0.5) is 29.0 Å². The molecule has 2 aromatic rings. The molecule has 1 aromatic carbocycles. The van der Waals surface area contributed by atoms with E-state index >= 15 is 0 Å². The Kier molecular flexibility index (Phi) is 4.71. The van der Waals surface area contributed by atoms with E-state index in [4.69, 9.17) is 5.73 Å². The van der Waals surface area contributed by atoms with E-state index in [9.17, 15) is 19.7 Å². The second-order valence-corrected chi connectivity index (χ2v) is 6.96. The van der Waals surface area contributed by atoms with Crippen molar-refractivity contribution in [2.24, 2.45) is 0 Å². The summed E-state index contributed by atoms with van der Waals surface area (Å²) in [5.41, 5.74) is 6.82. The molecule has 0 spiro atoms. The van der Waals surface area contributed by atoms with Crippen LogP contribution in [-0.4, -0.2) is 39.8 Å². The number of non-ortho nitro benzene ring substituents is 1. The van der Waals surface area contributed by atoms with Crippen LogP contribution >= 0.6 is 0 Å². The van der Waals surface area contributed by atoms with Crippen molar-refractivity contribution in [3.63, 3.8) is 0 Å². The Hall–Kier alpha value is -3.76. The highest BCUT2D eigenvalue weighted by atomic mass is 16.6. The first-order valence-corrected chi connectivity index (χ1v) is 9.20. The first-order valence-electron chi connectivity index (χ1n) is 9.20.